The van der Waals surface area contributed by atoms with Crippen LogP contribution in [0.5, 0.6) is 0 Å². The Morgan fingerprint density at radius 1 is 1.64 bits per heavy atom. The first kappa shape index (κ1) is 10.7. The van der Waals surface area contributed by atoms with E-state index in [2.05, 4.69) is 3.53 Å². The summed E-state index contributed by atoms with van der Waals surface area (Å²) < 4.78 is 6.85. The van der Waals surface area contributed by atoms with Crippen molar-refractivity contribution in [1.29, 1.82) is 0 Å². The maximum absolute atomic E-state index is 10.7. The molecule has 11 heavy (non-hydrogen) atoms. The second kappa shape index (κ2) is 5.34. The molecule has 0 saturated heterocycles. The van der Waals surface area contributed by atoms with Crippen LogP contribution < -0.4 is 3.53 Å². The molecular weight excluding hydrogens is 261 g/mol. The van der Waals surface area contributed by atoms with Gasteiger partial charge in [-0.2, -0.15) is 0 Å². The Hall–Kier alpha value is -0.330. The number of hydrogen-bond acceptors (Lipinski definition) is 3. The monoisotopic (exact) mass is 271 g/mol. The van der Waals surface area contributed by atoms with Crippen LogP contribution in [0.3, 0.4) is 0 Å². The van der Waals surface area contributed by atoms with Crippen molar-refractivity contribution in [3.05, 3.63) is 0 Å². The molecule has 0 bridgehead atoms. The van der Waals surface area contributed by atoms with Gasteiger partial charge in [-0.15, -0.1) is 0 Å². The average Bonchev–Trinajstić information content (AvgIpc) is 2.02. The van der Waals surface area contributed by atoms with Gasteiger partial charge in [0.1, 0.15) is 0 Å². The lowest BCUT2D eigenvalue weighted by molar-refractivity contribution is -0.157. The third-order valence-electron chi connectivity index (χ3n) is 1.15. The predicted octanol–water partition coefficient (Wildman–Crippen LogP) is 0.794. The van der Waals surface area contributed by atoms with Gasteiger partial charge in [-0.1, -0.05) is 6.92 Å². The second-order valence-electron chi connectivity index (χ2n) is 2.05. The first-order valence-corrected chi connectivity index (χ1v) is 4.31. The Morgan fingerprint density at radius 3 is 2.55 bits per heavy atom. The highest BCUT2D eigenvalue weighted by Gasteiger charge is 2.15. The Balaban J connectivity index is 3.77. The SMILES string of the molecule is CCC(C)OC(=O)C(=O)NI. The van der Waals surface area contributed by atoms with Crippen molar-refractivity contribution in [3.63, 3.8) is 0 Å². The van der Waals surface area contributed by atoms with E-state index in [9.17, 15) is 9.59 Å². The van der Waals surface area contributed by atoms with Crippen LogP contribution in [-0.2, 0) is 14.3 Å². The lowest BCUT2D eigenvalue weighted by Gasteiger charge is -2.08. The van der Waals surface area contributed by atoms with Gasteiger partial charge in [-0.05, 0) is 13.3 Å². The van der Waals surface area contributed by atoms with Crippen molar-refractivity contribution in [1.82, 2.24) is 3.53 Å². The van der Waals surface area contributed by atoms with Crippen LogP contribution in [-0.4, -0.2) is 18.0 Å². The zero-order chi connectivity index (χ0) is 8.85. The molecule has 0 saturated carbocycles. The van der Waals surface area contributed by atoms with Crippen LogP contribution in [0.1, 0.15) is 20.3 Å². The van der Waals surface area contributed by atoms with Gasteiger partial charge in [0.05, 0.1) is 29.0 Å². The van der Waals surface area contributed by atoms with Crippen LogP contribution in [0.15, 0.2) is 0 Å². The number of nitrogens with one attached hydrogen (secondary N) is 1. The van der Waals surface area contributed by atoms with Crippen LogP contribution in [0.4, 0.5) is 0 Å². The minimum atomic E-state index is -0.825. The molecule has 0 rings (SSSR count). The van der Waals surface area contributed by atoms with Gasteiger partial charge >= 0.3 is 11.9 Å². The van der Waals surface area contributed by atoms with Crippen molar-refractivity contribution in [2.75, 3.05) is 0 Å². The van der Waals surface area contributed by atoms with E-state index < -0.39 is 11.9 Å². The van der Waals surface area contributed by atoms with Crippen LogP contribution in [0, 0.1) is 0 Å². The number of amides is 1. The molecule has 0 aliphatic heterocycles. The van der Waals surface area contributed by atoms with E-state index in [1.54, 1.807) is 29.8 Å². The minimum absolute atomic E-state index is 0.198. The van der Waals surface area contributed by atoms with Gasteiger partial charge < -0.3 is 4.74 Å². The van der Waals surface area contributed by atoms with E-state index in [0.29, 0.717) is 6.42 Å². The number of hydrogen-bond donors (Lipinski definition) is 1. The third-order valence-corrected chi connectivity index (χ3v) is 1.64. The topological polar surface area (TPSA) is 55.4 Å². The molecule has 0 spiro atoms. The molecule has 1 N–H and O–H groups in total. The maximum atomic E-state index is 10.7. The fraction of sp³-hybridized carbons (Fsp3) is 0.667. The molecule has 4 nitrogen and oxygen atoms in total. The lowest BCUT2D eigenvalue weighted by atomic mass is 10.3. The second-order valence-corrected chi connectivity index (χ2v) is 2.59. The summed E-state index contributed by atoms with van der Waals surface area (Å²) in [5.41, 5.74) is 0. The standard InChI is InChI=1S/C6H10INO3/c1-3-4(2)11-6(10)5(9)8-7/h4H,3H2,1-2H3,(H,8,9). The smallest absolute Gasteiger partial charge is 0.397 e. The number of carbonyl (C=O) groups is 2. The fourth-order valence-corrected chi connectivity index (χ4v) is 0.578. The van der Waals surface area contributed by atoms with Gasteiger partial charge in [-0.25, -0.2) is 4.79 Å². The summed E-state index contributed by atoms with van der Waals surface area (Å²) in [6.07, 6.45) is 0.511. The normalized spacial score (nSPS) is 11.9. The molecule has 0 fully saturated rings. The van der Waals surface area contributed by atoms with Crippen molar-refractivity contribution in [2.45, 2.75) is 26.4 Å². The summed E-state index contributed by atoms with van der Waals surface area (Å²) in [4.78, 5) is 21.3. The van der Waals surface area contributed by atoms with Crippen molar-refractivity contribution in [3.8, 4) is 0 Å². The molecule has 1 unspecified atom stereocenters. The van der Waals surface area contributed by atoms with Gasteiger partial charge in [0.2, 0.25) is 0 Å². The summed E-state index contributed by atoms with van der Waals surface area (Å²) >= 11 is 1.59. The van der Waals surface area contributed by atoms with E-state index in [0.717, 1.165) is 0 Å². The molecule has 0 aliphatic rings. The Labute approximate surface area is 79.2 Å². The molecule has 0 aromatic carbocycles. The molecule has 1 atom stereocenters. The minimum Gasteiger partial charge on any atom is -0.456 e. The Kier molecular flexibility index (Phi) is 5.18. The number of carbonyl (C=O) groups excluding carboxylic acids is 2. The zero-order valence-corrected chi connectivity index (χ0v) is 8.54. The maximum Gasteiger partial charge on any atom is 0.397 e. The van der Waals surface area contributed by atoms with Crippen molar-refractivity contribution < 1.29 is 14.3 Å². The van der Waals surface area contributed by atoms with Gasteiger partial charge in [0.25, 0.3) is 0 Å². The number of halogens is 1. The van der Waals surface area contributed by atoms with Gasteiger partial charge in [0, 0.05) is 0 Å². The highest BCUT2D eigenvalue weighted by Crippen LogP contribution is 1.96. The molecule has 0 aliphatic carbocycles. The zero-order valence-electron chi connectivity index (χ0n) is 6.39. The summed E-state index contributed by atoms with van der Waals surface area (Å²) in [6, 6.07) is 0. The number of esters is 1. The largest absolute Gasteiger partial charge is 0.456 e. The first-order chi connectivity index (χ1) is 5.11. The molecule has 1 amide bonds. The predicted molar refractivity (Wildman–Crippen MR) is 48.0 cm³/mol. The van der Waals surface area contributed by atoms with Gasteiger partial charge in [0.15, 0.2) is 0 Å². The summed E-state index contributed by atoms with van der Waals surface area (Å²) in [6.45, 7) is 3.61. The molecular formula is C6H10INO3. The average molecular weight is 271 g/mol. The number of rotatable bonds is 2. The Morgan fingerprint density at radius 2 is 2.18 bits per heavy atom. The van der Waals surface area contributed by atoms with Crippen LogP contribution in [0.2, 0.25) is 0 Å². The molecule has 5 heteroatoms. The third kappa shape index (κ3) is 4.18. The van der Waals surface area contributed by atoms with E-state index in [1.165, 1.54) is 0 Å². The molecule has 0 aromatic heterocycles. The van der Waals surface area contributed by atoms with E-state index >= 15 is 0 Å². The molecule has 0 heterocycles. The van der Waals surface area contributed by atoms with Crippen LogP contribution in [0.25, 0.3) is 0 Å². The first-order valence-electron chi connectivity index (χ1n) is 3.23. The lowest BCUT2D eigenvalue weighted by Crippen LogP contribution is -2.28. The fourth-order valence-electron chi connectivity index (χ4n) is 0.358. The van der Waals surface area contributed by atoms with E-state index in [4.69, 9.17) is 4.74 Å². The van der Waals surface area contributed by atoms with E-state index in [1.807, 2.05) is 6.92 Å². The summed E-state index contributed by atoms with van der Waals surface area (Å²) in [5, 5.41) is 0. The number of ether oxygens (including phenoxy) is 1. The molecule has 0 radical (unpaired) electrons. The molecule has 64 valence electrons. The summed E-state index contributed by atoms with van der Waals surface area (Å²) in [7, 11) is 0. The highest BCUT2D eigenvalue weighted by atomic mass is 127. The highest BCUT2D eigenvalue weighted by molar-refractivity contribution is 14.1. The van der Waals surface area contributed by atoms with Gasteiger partial charge in [-0.3, -0.25) is 8.32 Å². The van der Waals surface area contributed by atoms with Crippen molar-refractivity contribution in [2.24, 2.45) is 0 Å². The summed E-state index contributed by atoms with van der Waals surface area (Å²) in [5.74, 6) is -1.54. The Bertz CT molecular complexity index is 160. The molecule has 0 aromatic rings. The quantitative estimate of drug-likeness (QED) is 0.350. The van der Waals surface area contributed by atoms with Crippen LogP contribution >= 0.6 is 22.9 Å². The van der Waals surface area contributed by atoms with E-state index in [-0.39, 0.29) is 6.10 Å². The van der Waals surface area contributed by atoms with Crippen molar-refractivity contribution >= 4 is 34.7 Å².